The normalized spacial score (nSPS) is 12.0. The highest BCUT2D eigenvalue weighted by molar-refractivity contribution is 6.07. The Morgan fingerprint density at radius 1 is 0.349 bits per heavy atom. The highest BCUT2D eigenvalue weighted by Crippen LogP contribution is 2.14. The van der Waals surface area contributed by atoms with Crippen molar-refractivity contribution in [2.45, 2.75) is 191 Å². The van der Waals surface area contributed by atoms with Crippen LogP contribution < -0.4 is 53.5 Å². The molecule has 0 saturated heterocycles. The van der Waals surface area contributed by atoms with Crippen LogP contribution in [-0.4, -0.2) is 205 Å². The van der Waals surface area contributed by atoms with E-state index < -0.39 is 83.3 Å². The molecule has 0 aromatic rings. The van der Waals surface area contributed by atoms with Crippen LogP contribution in [0.1, 0.15) is 173 Å². The molecular weight excluding hydrogens is 1130 g/mol. The van der Waals surface area contributed by atoms with Gasteiger partial charge >= 0.3 is 17.9 Å². The number of ether oxygens (including phenoxy) is 4. The summed E-state index contributed by atoms with van der Waals surface area (Å²) < 4.78 is 21.3. The molecule has 0 aromatic heterocycles. The first-order chi connectivity index (χ1) is 41.3. The van der Waals surface area contributed by atoms with Gasteiger partial charge < -0.3 is 87.8 Å². The van der Waals surface area contributed by atoms with E-state index in [1.807, 2.05) is 0 Å². The van der Waals surface area contributed by atoms with Crippen molar-refractivity contribution in [2.24, 2.45) is 5.73 Å². The molecule has 9 amide bonds. The number of amides is 9. The average molecular weight is 1230 g/mol. The highest BCUT2D eigenvalue weighted by Gasteiger charge is 2.23. The minimum atomic E-state index is -1.31. The van der Waals surface area contributed by atoms with E-state index in [0.717, 1.165) is 44.9 Å². The molecule has 0 unspecified atom stereocenters. The van der Waals surface area contributed by atoms with Crippen LogP contribution >= 0.6 is 0 Å². The number of aliphatic carboxylic acids is 3. The van der Waals surface area contributed by atoms with Crippen LogP contribution in [0.3, 0.4) is 0 Å². The maximum Gasteiger partial charge on any atom is 0.326 e. The molecule has 14 N–H and O–H groups in total. The fraction of sp³-hybridized carbons (Fsp3) is 0.786. The van der Waals surface area contributed by atoms with Crippen molar-refractivity contribution in [3.05, 3.63) is 0 Å². The molecule has 0 rings (SSSR count). The third kappa shape index (κ3) is 51.9. The van der Waals surface area contributed by atoms with Gasteiger partial charge in [0.15, 0.2) is 7.98 Å². The fourth-order valence-corrected chi connectivity index (χ4v) is 8.19. The summed E-state index contributed by atoms with van der Waals surface area (Å²) in [5, 5.41) is 50.5. The van der Waals surface area contributed by atoms with E-state index >= 15 is 0 Å². The Hall–Kier alpha value is -6.50. The molecule has 0 heterocycles. The van der Waals surface area contributed by atoms with Crippen molar-refractivity contribution >= 4 is 79.1 Å². The van der Waals surface area contributed by atoms with Crippen LogP contribution in [0, 0.1) is 0 Å². The van der Waals surface area contributed by atoms with Gasteiger partial charge in [-0.25, -0.2) is 9.59 Å². The molecule has 0 bridgehead atoms. The van der Waals surface area contributed by atoms with E-state index in [1.165, 1.54) is 44.9 Å². The van der Waals surface area contributed by atoms with Gasteiger partial charge in [0.25, 0.3) is 0 Å². The molecule has 0 spiro atoms. The minimum Gasteiger partial charge on any atom is -0.481 e. The first kappa shape index (κ1) is 79.5. The molecule has 29 nitrogen and oxygen atoms in total. The first-order valence-electron chi connectivity index (χ1n) is 30.3. The van der Waals surface area contributed by atoms with Gasteiger partial charge in [0.2, 0.25) is 53.2 Å². The molecule has 86 heavy (non-hydrogen) atoms. The maximum atomic E-state index is 12.4. The summed E-state index contributed by atoms with van der Waals surface area (Å²) in [4.78, 5) is 142. The van der Waals surface area contributed by atoms with E-state index in [2.05, 4.69) is 47.8 Å². The third-order valence-corrected chi connectivity index (χ3v) is 13.0. The molecule has 0 fully saturated rings. The Labute approximate surface area is 506 Å². The predicted molar refractivity (Wildman–Crippen MR) is 315 cm³/mol. The Bertz CT molecular complexity index is 1980. The Morgan fingerprint density at radius 3 is 1.13 bits per heavy atom. The maximum absolute atomic E-state index is 12.4. The van der Waals surface area contributed by atoms with Crippen molar-refractivity contribution in [3.8, 4) is 0 Å². The second-order valence-electron chi connectivity index (χ2n) is 20.5. The van der Waals surface area contributed by atoms with Crippen molar-refractivity contribution < 1.29 is 91.8 Å². The standard InChI is InChI=1S/C56H99BN10O19/c57-67-42(54(78)64-39-45(58)68)19-15-16-28-59-47(70)26-24-43(55(79)80)65-50(73)22-18-30-61-51(74)40-85-37-36-84-34-32-63-52(75)41-86-38-35-83-33-31-62-48(71)27-25-44(56(81)82)66-49(72)21-17-29-60-46(69)20-13-11-9-7-5-3-1-2-4-6-8-10-12-14-23-53(76)77/h42-44,67H,1-41H2,(H2,58,68)(H,59,70)(H,60,69)(H,61,74)(H,62,71)(H,63,75)(H,64,78)(H,65,73)(H,66,72)(H,76,77)(H,79,80)(H,81,82)/t42-,43-,44-/m0/s1. The summed E-state index contributed by atoms with van der Waals surface area (Å²) in [6.07, 6.45) is 17.2. The minimum absolute atomic E-state index is 0.0174. The van der Waals surface area contributed by atoms with Crippen LogP contribution in [0.5, 0.6) is 0 Å². The van der Waals surface area contributed by atoms with Crippen molar-refractivity contribution in [3.63, 3.8) is 0 Å². The number of carbonyl (C=O) groups excluding carboxylic acids is 9. The number of unbranched alkanes of at least 4 members (excludes halogenated alkanes) is 14. The average Bonchev–Trinajstić information content (AvgIpc) is 3.57. The monoisotopic (exact) mass is 1230 g/mol. The summed E-state index contributed by atoms with van der Waals surface area (Å²) in [5.41, 5.74) is 5.00. The SMILES string of the molecule is [B]N[C@@H](CCCCNC(=O)CC[C@H](NC(=O)CCCNC(=O)COCCOCCNC(=O)COCCOCCNC(=O)CC[C@H](NC(=O)CCCNC(=O)CCCCCCCCCCCCCCCCC(=O)O)C(=O)O)C(=O)O)C(=O)NCC(N)=O. The van der Waals surface area contributed by atoms with E-state index in [1.54, 1.807) is 0 Å². The summed E-state index contributed by atoms with van der Waals surface area (Å²) in [6, 6.07) is -3.32. The number of primary amides is 1. The Kier molecular flexibility index (Phi) is 50.9. The Balaban J connectivity index is 3.83. The summed E-state index contributed by atoms with van der Waals surface area (Å²) in [5.74, 6) is -7.32. The molecule has 0 saturated carbocycles. The van der Waals surface area contributed by atoms with Gasteiger partial charge in [-0.15, -0.1) is 0 Å². The van der Waals surface area contributed by atoms with Crippen molar-refractivity contribution in [1.29, 1.82) is 0 Å². The first-order valence-corrected chi connectivity index (χ1v) is 30.3. The zero-order chi connectivity index (χ0) is 63.8. The second kappa shape index (κ2) is 55.1. The fourth-order valence-electron chi connectivity index (χ4n) is 8.19. The lowest BCUT2D eigenvalue weighted by atomic mass is 10.0. The van der Waals surface area contributed by atoms with Crippen LogP contribution in [0.15, 0.2) is 0 Å². The quantitative estimate of drug-likeness (QED) is 0.0282. The van der Waals surface area contributed by atoms with Gasteiger partial charge in [-0.1, -0.05) is 77.0 Å². The van der Waals surface area contributed by atoms with Gasteiger partial charge in [0.1, 0.15) is 25.3 Å². The largest absolute Gasteiger partial charge is 0.481 e. The number of nitrogens with one attached hydrogen (secondary N) is 9. The van der Waals surface area contributed by atoms with E-state index in [9.17, 15) is 67.7 Å². The zero-order valence-corrected chi connectivity index (χ0v) is 50.3. The van der Waals surface area contributed by atoms with E-state index in [0.29, 0.717) is 38.6 Å². The topological polar surface area (TPSA) is 437 Å². The lowest BCUT2D eigenvalue weighted by molar-refractivity contribution is -0.142. The van der Waals surface area contributed by atoms with Gasteiger partial charge in [0, 0.05) is 71.2 Å². The zero-order valence-electron chi connectivity index (χ0n) is 50.3. The van der Waals surface area contributed by atoms with E-state index in [4.69, 9.17) is 37.8 Å². The number of hydrogen-bond acceptors (Lipinski definition) is 17. The highest BCUT2D eigenvalue weighted by atomic mass is 16.5. The molecule has 490 valence electrons. The molecule has 0 aliphatic heterocycles. The number of carbonyl (C=O) groups is 12. The molecule has 0 aromatic carbocycles. The van der Waals surface area contributed by atoms with Crippen LogP contribution in [0.4, 0.5) is 0 Å². The smallest absolute Gasteiger partial charge is 0.326 e. The molecule has 2 radical (unpaired) electrons. The molecule has 0 aliphatic rings. The number of rotatable bonds is 60. The van der Waals surface area contributed by atoms with Gasteiger partial charge in [-0.3, -0.25) is 47.9 Å². The second-order valence-corrected chi connectivity index (χ2v) is 20.5. The van der Waals surface area contributed by atoms with Crippen molar-refractivity contribution in [1.82, 2.24) is 47.8 Å². The van der Waals surface area contributed by atoms with Crippen molar-refractivity contribution in [2.75, 3.05) is 92.1 Å². The van der Waals surface area contributed by atoms with Gasteiger partial charge in [-0.05, 0) is 57.8 Å². The molecule has 0 aliphatic carbocycles. The van der Waals surface area contributed by atoms with Crippen LogP contribution in [-0.2, 0) is 76.5 Å². The number of carboxylic acid groups (broad SMARTS) is 3. The lowest BCUT2D eigenvalue weighted by Crippen LogP contribution is -2.45. The van der Waals surface area contributed by atoms with Gasteiger partial charge in [0.05, 0.1) is 52.2 Å². The number of carboxylic acids is 3. The Morgan fingerprint density at radius 2 is 0.709 bits per heavy atom. The van der Waals surface area contributed by atoms with Crippen LogP contribution in [0.2, 0.25) is 0 Å². The lowest BCUT2D eigenvalue weighted by Gasteiger charge is -2.16. The predicted octanol–water partition coefficient (Wildman–Crippen LogP) is 0.0331. The summed E-state index contributed by atoms with van der Waals surface area (Å²) in [6.45, 7) is 0.921. The molecular formula is C56H99BN10O19. The number of hydrogen-bond donors (Lipinski definition) is 13. The third-order valence-electron chi connectivity index (χ3n) is 13.0. The summed E-state index contributed by atoms with van der Waals surface area (Å²) >= 11 is 0. The van der Waals surface area contributed by atoms with Gasteiger partial charge in [-0.2, -0.15) is 0 Å². The summed E-state index contributed by atoms with van der Waals surface area (Å²) in [7, 11) is 5.38. The number of nitrogens with two attached hydrogens (primary N) is 1. The van der Waals surface area contributed by atoms with Crippen LogP contribution in [0.25, 0.3) is 0 Å². The molecule has 30 heteroatoms. The van der Waals surface area contributed by atoms with E-state index in [-0.39, 0.29) is 143 Å². The molecule has 3 atom stereocenters.